The summed E-state index contributed by atoms with van der Waals surface area (Å²) in [4.78, 5) is 1.01. The highest BCUT2D eigenvalue weighted by atomic mass is 32.1. The van der Waals surface area contributed by atoms with Crippen LogP contribution in [0.3, 0.4) is 0 Å². The fourth-order valence-corrected chi connectivity index (χ4v) is 3.23. The molecule has 4 nitrogen and oxygen atoms in total. The van der Waals surface area contributed by atoms with Crippen molar-refractivity contribution in [3.8, 4) is 5.75 Å². The lowest BCUT2D eigenvalue weighted by atomic mass is 10.1. The Morgan fingerprint density at radius 2 is 2.15 bits per heavy atom. The summed E-state index contributed by atoms with van der Waals surface area (Å²) in [6, 6.07) is 9.85. The smallest absolute Gasteiger partial charge is 0.134 e. The van der Waals surface area contributed by atoms with E-state index in [2.05, 4.69) is 18.4 Å². The summed E-state index contributed by atoms with van der Waals surface area (Å²) in [6.45, 7) is 2.06. The third-order valence-corrected chi connectivity index (χ3v) is 4.24. The molecule has 0 radical (unpaired) electrons. The molecule has 0 saturated carbocycles. The van der Waals surface area contributed by atoms with E-state index in [9.17, 15) is 0 Å². The number of rotatable bonds is 4. The molecule has 0 aliphatic rings. The van der Waals surface area contributed by atoms with Crippen LogP contribution >= 0.6 is 11.3 Å². The van der Waals surface area contributed by atoms with Crippen molar-refractivity contribution in [2.24, 2.45) is 5.84 Å². The number of furan rings is 1. The number of hydrazine groups is 1. The van der Waals surface area contributed by atoms with Crippen molar-refractivity contribution in [1.82, 2.24) is 5.43 Å². The van der Waals surface area contributed by atoms with Crippen molar-refractivity contribution in [3.63, 3.8) is 0 Å². The SMILES string of the molecule is COc1ccsc1C(NN)c1cc2cc(C)ccc2o1. The lowest BCUT2D eigenvalue weighted by molar-refractivity contribution is 0.401. The van der Waals surface area contributed by atoms with Gasteiger partial charge in [0.25, 0.3) is 0 Å². The van der Waals surface area contributed by atoms with E-state index < -0.39 is 0 Å². The van der Waals surface area contributed by atoms with Crippen molar-refractivity contribution in [3.05, 3.63) is 51.9 Å². The number of hydrogen-bond acceptors (Lipinski definition) is 5. The standard InChI is InChI=1S/C15H16N2O2S/c1-9-3-4-11-10(7-9)8-13(19-11)14(17-16)15-12(18-2)5-6-20-15/h3-8,14,17H,16H2,1-2H3. The van der Waals surface area contributed by atoms with Crippen molar-refractivity contribution >= 4 is 22.3 Å². The molecular formula is C15H16N2O2S. The zero-order chi connectivity index (χ0) is 14.1. The normalized spacial score (nSPS) is 12.8. The summed E-state index contributed by atoms with van der Waals surface area (Å²) < 4.78 is 11.3. The number of aryl methyl sites for hydroxylation is 1. The minimum atomic E-state index is -0.211. The molecule has 1 atom stereocenters. The molecule has 0 aliphatic carbocycles. The summed E-state index contributed by atoms with van der Waals surface area (Å²) >= 11 is 1.59. The number of nitrogens with two attached hydrogens (primary N) is 1. The third kappa shape index (κ3) is 2.20. The lowest BCUT2D eigenvalue weighted by Gasteiger charge is -2.13. The van der Waals surface area contributed by atoms with E-state index in [-0.39, 0.29) is 6.04 Å². The first-order chi connectivity index (χ1) is 9.72. The van der Waals surface area contributed by atoms with Crippen LogP contribution in [-0.4, -0.2) is 7.11 Å². The van der Waals surface area contributed by atoms with E-state index in [4.69, 9.17) is 15.0 Å². The zero-order valence-corrected chi connectivity index (χ0v) is 12.2. The maximum absolute atomic E-state index is 5.91. The van der Waals surface area contributed by atoms with Gasteiger partial charge in [-0.1, -0.05) is 11.6 Å². The molecule has 0 amide bonds. The largest absolute Gasteiger partial charge is 0.496 e. The second kappa shape index (κ2) is 5.28. The topological polar surface area (TPSA) is 60.4 Å². The Hall–Kier alpha value is -1.82. The van der Waals surface area contributed by atoms with Crippen molar-refractivity contribution in [1.29, 1.82) is 0 Å². The van der Waals surface area contributed by atoms with Gasteiger partial charge in [-0.3, -0.25) is 5.84 Å². The summed E-state index contributed by atoms with van der Waals surface area (Å²) in [5.74, 6) is 7.31. The molecule has 1 aromatic carbocycles. The van der Waals surface area contributed by atoms with Crippen molar-refractivity contribution < 1.29 is 9.15 Å². The first-order valence-electron chi connectivity index (χ1n) is 6.30. The molecule has 0 aliphatic heterocycles. The lowest BCUT2D eigenvalue weighted by Crippen LogP contribution is -2.28. The van der Waals surface area contributed by atoms with E-state index in [1.807, 2.05) is 29.6 Å². The highest BCUT2D eigenvalue weighted by Gasteiger charge is 2.22. The minimum absolute atomic E-state index is 0.211. The Morgan fingerprint density at radius 1 is 1.30 bits per heavy atom. The Balaban J connectivity index is 2.07. The van der Waals surface area contributed by atoms with Crippen LogP contribution in [0.1, 0.15) is 22.2 Å². The fraction of sp³-hybridized carbons (Fsp3) is 0.200. The summed E-state index contributed by atoms with van der Waals surface area (Å²) in [6.07, 6.45) is 0. The van der Waals surface area contributed by atoms with Gasteiger partial charge in [0, 0.05) is 5.39 Å². The molecule has 20 heavy (non-hydrogen) atoms. The summed E-state index contributed by atoms with van der Waals surface area (Å²) in [5.41, 5.74) is 4.87. The van der Waals surface area contributed by atoms with Gasteiger partial charge in [-0.25, -0.2) is 5.43 Å². The van der Waals surface area contributed by atoms with Gasteiger partial charge in [-0.05, 0) is 36.6 Å². The number of benzene rings is 1. The van der Waals surface area contributed by atoms with E-state index in [1.165, 1.54) is 5.56 Å². The Kier molecular flexibility index (Phi) is 3.48. The molecule has 5 heteroatoms. The maximum atomic E-state index is 5.91. The quantitative estimate of drug-likeness (QED) is 0.571. The van der Waals surface area contributed by atoms with E-state index in [1.54, 1.807) is 18.4 Å². The summed E-state index contributed by atoms with van der Waals surface area (Å²) in [5, 5.41) is 3.06. The van der Waals surface area contributed by atoms with E-state index in [0.717, 1.165) is 27.4 Å². The van der Waals surface area contributed by atoms with Gasteiger partial charge in [0.2, 0.25) is 0 Å². The van der Waals surface area contributed by atoms with Crippen LogP contribution in [0.5, 0.6) is 5.75 Å². The summed E-state index contributed by atoms with van der Waals surface area (Å²) in [7, 11) is 1.65. The molecule has 0 saturated heterocycles. The highest BCUT2D eigenvalue weighted by Crippen LogP contribution is 2.36. The highest BCUT2D eigenvalue weighted by molar-refractivity contribution is 7.10. The molecule has 3 N–H and O–H groups in total. The van der Waals surface area contributed by atoms with Gasteiger partial charge in [0.05, 0.1) is 12.0 Å². The predicted molar refractivity (Wildman–Crippen MR) is 81.0 cm³/mol. The second-order valence-corrected chi connectivity index (χ2v) is 5.59. The van der Waals surface area contributed by atoms with Gasteiger partial charge in [-0.15, -0.1) is 11.3 Å². The number of hydrogen-bond donors (Lipinski definition) is 2. The van der Waals surface area contributed by atoms with Gasteiger partial charge in [0.1, 0.15) is 23.1 Å². The van der Waals surface area contributed by atoms with Crippen LogP contribution < -0.4 is 16.0 Å². The van der Waals surface area contributed by atoms with Crippen LogP contribution in [-0.2, 0) is 0 Å². The van der Waals surface area contributed by atoms with E-state index in [0.29, 0.717) is 0 Å². The molecule has 3 aromatic rings. The molecule has 0 fully saturated rings. The molecule has 0 spiro atoms. The van der Waals surface area contributed by atoms with Crippen LogP contribution in [0.25, 0.3) is 11.0 Å². The monoisotopic (exact) mass is 288 g/mol. The minimum Gasteiger partial charge on any atom is -0.496 e. The van der Waals surface area contributed by atoms with Gasteiger partial charge >= 0.3 is 0 Å². The van der Waals surface area contributed by atoms with Crippen molar-refractivity contribution in [2.45, 2.75) is 13.0 Å². The van der Waals surface area contributed by atoms with E-state index >= 15 is 0 Å². The average Bonchev–Trinajstić information content (AvgIpc) is 3.05. The zero-order valence-electron chi connectivity index (χ0n) is 11.3. The number of fused-ring (bicyclic) bond motifs is 1. The average molecular weight is 288 g/mol. The van der Waals surface area contributed by atoms with Gasteiger partial charge in [0.15, 0.2) is 0 Å². The fourth-order valence-electron chi connectivity index (χ4n) is 2.30. The molecule has 2 aromatic heterocycles. The second-order valence-electron chi connectivity index (χ2n) is 4.64. The van der Waals surface area contributed by atoms with Crippen LogP contribution in [0.2, 0.25) is 0 Å². The number of nitrogens with one attached hydrogen (secondary N) is 1. The van der Waals surface area contributed by atoms with Crippen LogP contribution in [0.4, 0.5) is 0 Å². The molecule has 2 heterocycles. The first kappa shape index (κ1) is 13.2. The number of ether oxygens (including phenoxy) is 1. The third-order valence-electron chi connectivity index (χ3n) is 3.28. The van der Waals surface area contributed by atoms with Crippen molar-refractivity contribution in [2.75, 3.05) is 7.11 Å². The molecule has 0 bridgehead atoms. The Morgan fingerprint density at radius 3 is 2.90 bits per heavy atom. The number of thiophene rings is 1. The first-order valence-corrected chi connectivity index (χ1v) is 7.18. The Labute approximate surface area is 121 Å². The van der Waals surface area contributed by atoms with Crippen LogP contribution in [0, 0.1) is 6.92 Å². The molecule has 1 unspecified atom stereocenters. The number of methoxy groups -OCH3 is 1. The van der Waals surface area contributed by atoms with Gasteiger partial charge < -0.3 is 9.15 Å². The predicted octanol–water partition coefficient (Wildman–Crippen LogP) is 3.36. The molecule has 3 rings (SSSR count). The maximum Gasteiger partial charge on any atom is 0.134 e. The molecule has 104 valence electrons. The molecular weight excluding hydrogens is 272 g/mol. The Bertz CT molecular complexity index is 732. The van der Waals surface area contributed by atoms with Crippen LogP contribution in [0.15, 0.2) is 40.1 Å². The van der Waals surface area contributed by atoms with Gasteiger partial charge in [-0.2, -0.15) is 0 Å².